The third-order valence-corrected chi connectivity index (χ3v) is 2.72. The van der Waals surface area contributed by atoms with Crippen molar-refractivity contribution in [2.45, 2.75) is 32.4 Å². The van der Waals surface area contributed by atoms with Crippen LogP contribution in [0.15, 0.2) is 30.3 Å². The number of rotatable bonds is 7. The maximum absolute atomic E-state index is 11.6. The molecule has 0 aliphatic rings. The number of benzene rings is 1. The molecule has 0 heterocycles. The summed E-state index contributed by atoms with van der Waals surface area (Å²) in [6, 6.07) is 9.01. The lowest BCUT2D eigenvalue weighted by molar-refractivity contribution is -0.145. The minimum atomic E-state index is -0.616. The van der Waals surface area contributed by atoms with Crippen molar-refractivity contribution in [3.63, 3.8) is 0 Å². The summed E-state index contributed by atoms with van der Waals surface area (Å²) in [5, 5.41) is 13.0. The zero-order chi connectivity index (χ0) is 13.4. The van der Waals surface area contributed by atoms with E-state index < -0.39 is 6.10 Å². The predicted octanol–water partition coefficient (Wildman–Crippen LogP) is 1.65. The largest absolute Gasteiger partial charge is 0.465 e. The van der Waals surface area contributed by atoms with Gasteiger partial charge < -0.3 is 15.2 Å². The second-order valence-electron chi connectivity index (χ2n) is 4.05. The number of carbonyl (C=O) groups excluding carboxylic acids is 1. The molecule has 2 unspecified atom stereocenters. The third-order valence-electron chi connectivity index (χ3n) is 2.72. The Kier molecular flexibility index (Phi) is 6.39. The summed E-state index contributed by atoms with van der Waals surface area (Å²) >= 11 is 0. The van der Waals surface area contributed by atoms with Crippen molar-refractivity contribution < 1.29 is 14.6 Å². The third kappa shape index (κ3) is 4.47. The molecule has 2 atom stereocenters. The van der Waals surface area contributed by atoms with Crippen LogP contribution < -0.4 is 5.32 Å². The average Bonchev–Trinajstić information content (AvgIpc) is 2.40. The lowest BCUT2D eigenvalue weighted by Gasteiger charge is -2.18. The van der Waals surface area contributed by atoms with Gasteiger partial charge in [-0.25, -0.2) is 0 Å². The van der Waals surface area contributed by atoms with Gasteiger partial charge in [0.1, 0.15) is 6.04 Å². The smallest absolute Gasteiger partial charge is 0.323 e. The fourth-order valence-corrected chi connectivity index (χ4v) is 1.68. The highest BCUT2D eigenvalue weighted by atomic mass is 16.5. The summed E-state index contributed by atoms with van der Waals surface area (Å²) in [5.41, 5.74) is 0.837. The van der Waals surface area contributed by atoms with Crippen LogP contribution in [0.4, 0.5) is 0 Å². The van der Waals surface area contributed by atoms with Gasteiger partial charge in [-0.2, -0.15) is 0 Å². The number of esters is 1. The molecular weight excluding hydrogens is 230 g/mol. The van der Waals surface area contributed by atoms with E-state index in [2.05, 4.69) is 5.32 Å². The van der Waals surface area contributed by atoms with Crippen molar-refractivity contribution in [1.29, 1.82) is 0 Å². The van der Waals surface area contributed by atoms with Crippen LogP contribution in [0.25, 0.3) is 0 Å². The highest BCUT2D eigenvalue weighted by Gasteiger charge is 2.18. The Morgan fingerprint density at radius 2 is 2.00 bits per heavy atom. The molecule has 0 radical (unpaired) electrons. The van der Waals surface area contributed by atoms with E-state index in [1.165, 1.54) is 0 Å². The predicted molar refractivity (Wildman–Crippen MR) is 70.1 cm³/mol. The molecule has 4 nitrogen and oxygen atoms in total. The van der Waals surface area contributed by atoms with Gasteiger partial charge in [0.05, 0.1) is 12.7 Å². The molecule has 0 bridgehead atoms. The highest BCUT2D eigenvalue weighted by Crippen LogP contribution is 2.11. The first-order valence-electron chi connectivity index (χ1n) is 6.32. The van der Waals surface area contributed by atoms with Crippen LogP contribution in [0.3, 0.4) is 0 Å². The first-order chi connectivity index (χ1) is 8.69. The van der Waals surface area contributed by atoms with E-state index in [1.54, 1.807) is 6.92 Å². The zero-order valence-electron chi connectivity index (χ0n) is 10.9. The molecule has 1 aromatic carbocycles. The Balaban J connectivity index is 2.45. The molecule has 0 spiro atoms. The number of aliphatic hydroxyl groups excluding tert-OH is 1. The van der Waals surface area contributed by atoms with E-state index >= 15 is 0 Å². The first kappa shape index (κ1) is 14.7. The summed E-state index contributed by atoms with van der Waals surface area (Å²) in [6.45, 7) is 4.40. The van der Waals surface area contributed by atoms with Crippen molar-refractivity contribution in [2.75, 3.05) is 13.2 Å². The number of aliphatic hydroxyl groups is 1. The van der Waals surface area contributed by atoms with E-state index in [9.17, 15) is 9.90 Å². The van der Waals surface area contributed by atoms with Crippen molar-refractivity contribution >= 4 is 5.97 Å². The van der Waals surface area contributed by atoms with E-state index in [-0.39, 0.29) is 12.0 Å². The summed E-state index contributed by atoms with van der Waals surface area (Å²) in [7, 11) is 0. The molecule has 4 heteroatoms. The van der Waals surface area contributed by atoms with Gasteiger partial charge in [0.15, 0.2) is 0 Å². The molecule has 0 saturated carbocycles. The van der Waals surface area contributed by atoms with E-state index in [1.807, 2.05) is 37.3 Å². The second kappa shape index (κ2) is 7.84. The second-order valence-corrected chi connectivity index (χ2v) is 4.05. The topological polar surface area (TPSA) is 58.6 Å². The van der Waals surface area contributed by atoms with Gasteiger partial charge in [-0.05, 0) is 18.9 Å². The Hall–Kier alpha value is -1.39. The lowest BCUT2D eigenvalue weighted by Crippen LogP contribution is -2.39. The fourth-order valence-electron chi connectivity index (χ4n) is 1.68. The minimum absolute atomic E-state index is 0.264. The molecule has 0 aliphatic heterocycles. The van der Waals surface area contributed by atoms with Gasteiger partial charge in [0.25, 0.3) is 0 Å². The molecule has 1 aromatic rings. The van der Waals surface area contributed by atoms with Crippen LogP contribution in [-0.4, -0.2) is 30.3 Å². The number of carbonyl (C=O) groups is 1. The fraction of sp³-hybridized carbons (Fsp3) is 0.500. The Morgan fingerprint density at radius 1 is 1.33 bits per heavy atom. The maximum Gasteiger partial charge on any atom is 0.323 e. The van der Waals surface area contributed by atoms with Crippen LogP contribution in [0, 0.1) is 0 Å². The van der Waals surface area contributed by atoms with E-state index in [0.717, 1.165) is 5.56 Å². The lowest BCUT2D eigenvalue weighted by atomic mass is 10.1. The molecule has 1 rings (SSSR count). The number of hydrogen-bond donors (Lipinski definition) is 2. The Morgan fingerprint density at radius 3 is 2.56 bits per heavy atom. The summed E-state index contributed by atoms with van der Waals surface area (Å²) in [6.07, 6.45) is 0.0232. The van der Waals surface area contributed by atoms with Crippen LogP contribution in [0.1, 0.15) is 31.9 Å². The molecule has 0 aliphatic carbocycles. The van der Waals surface area contributed by atoms with Crippen molar-refractivity contribution in [3.8, 4) is 0 Å². The number of nitrogens with one attached hydrogen (secondary N) is 1. The van der Waals surface area contributed by atoms with Crippen molar-refractivity contribution in [1.82, 2.24) is 5.32 Å². The molecule has 2 N–H and O–H groups in total. The van der Waals surface area contributed by atoms with Crippen LogP contribution in [-0.2, 0) is 9.53 Å². The molecule has 0 saturated heterocycles. The molecule has 100 valence electrons. The number of hydrogen-bond acceptors (Lipinski definition) is 4. The molecule has 0 aromatic heterocycles. The van der Waals surface area contributed by atoms with Crippen molar-refractivity contribution in [2.24, 2.45) is 0 Å². The standard InChI is InChI=1S/C14H21NO3/c1-3-12(14(17)18-4-2)15-10-13(16)11-8-6-5-7-9-11/h5-9,12-13,15-16H,3-4,10H2,1-2H3. The normalized spacial score (nSPS) is 13.9. The Labute approximate surface area is 108 Å². The van der Waals surface area contributed by atoms with E-state index in [0.29, 0.717) is 19.6 Å². The summed E-state index contributed by atoms with van der Waals surface area (Å²) < 4.78 is 4.95. The maximum atomic E-state index is 11.6. The summed E-state index contributed by atoms with van der Waals surface area (Å²) in [4.78, 5) is 11.6. The quantitative estimate of drug-likeness (QED) is 0.723. The minimum Gasteiger partial charge on any atom is -0.465 e. The van der Waals surface area contributed by atoms with Crippen LogP contribution >= 0.6 is 0 Å². The summed E-state index contributed by atoms with van der Waals surface area (Å²) in [5.74, 6) is -0.264. The van der Waals surface area contributed by atoms with Crippen LogP contribution in [0.2, 0.25) is 0 Å². The Bertz CT molecular complexity index is 353. The highest BCUT2D eigenvalue weighted by molar-refractivity contribution is 5.75. The SMILES string of the molecule is CCOC(=O)C(CC)NCC(O)c1ccccc1. The van der Waals surface area contributed by atoms with Gasteiger partial charge in [-0.3, -0.25) is 4.79 Å². The molecule has 0 fully saturated rings. The molecular formula is C14H21NO3. The van der Waals surface area contributed by atoms with E-state index in [4.69, 9.17) is 4.74 Å². The van der Waals surface area contributed by atoms with Crippen molar-refractivity contribution in [3.05, 3.63) is 35.9 Å². The average molecular weight is 251 g/mol. The molecule has 18 heavy (non-hydrogen) atoms. The van der Waals surface area contributed by atoms with Gasteiger partial charge in [0, 0.05) is 6.54 Å². The monoisotopic (exact) mass is 251 g/mol. The first-order valence-corrected chi connectivity index (χ1v) is 6.32. The zero-order valence-corrected chi connectivity index (χ0v) is 10.9. The van der Waals surface area contributed by atoms with Crippen LogP contribution in [0.5, 0.6) is 0 Å². The van der Waals surface area contributed by atoms with Gasteiger partial charge in [-0.15, -0.1) is 0 Å². The van der Waals surface area contributed by atoms with Gasteiger partial charge >= 0.3 is 5.97 Å². The number of ether oxygens (including phenoxy) is 1. The molecule has 0 amide bonds. The van der Waals surface area contributed by atoms with Gasteiger partial charge in [-0.1, -0.05) is 37.3 Å². The van der Waals surface area contributed by atoms with Gasteiger partial charge in [0.2, 0.25) is 0 Å².